The molecular weight excluding hydrogens is 372 g/mol. The summed E-state index contributed by atoms with van der Waals surface area (Å²) in [7, 11) is 0. The van der Waals surface area contributed by atoms with Crippen LogP contribution in [0.5, 0.6) is 0 Å². The van der Waals surface area contributed by atoms with Crippen LogP contribution < -0.4 is 0 Å². The minimum Gasteiger partial charge on any atom is -0.377 e. The molecule has 0 saturated carbocycles. The number of carbonyl (C=O) groups excluding carboxylic acids is 1. The number of rotatable bonds is 24. The average molecular weight is 406 g/mol. The van der Waals surface area contributed by atoms with E-state index in [0.717, 1.165) is 0 Å². The summed E-state index contributed by atoms with van der Waals surface area (Å²) in [6, 6.07) is 0. The van der Waals surface area contributed by atoms with Gasteiger partial charge in [0, 0.05) is 0 Å². The van der Waals surface area contributed by atoms with Gasteiger partial charge in [-0.15, -0.1) is 6.42 Å². The van der Waals surface area contributed by atoms with Crippen molar-refractivity contribution in [1.29, 1.82) is 0 Å². The second-order valence-electron chi connectivity index (χ2n) is 5.17. The van der Waals surface area contributed by atoms with Crippen LogP contribution in [0.2, 0.25) is 0 Å². The molecule has 0 aliphatic heterocycles. The monoisotopic (exact) mass is 406 g/mol. The van der Waals surface area contributed by atoms with Crippen LogP contribution in [0.25, 0.3) is 0 Å². The molecule has 0 saturated heterocycles. The lowest BCUT2D eigenvalue weighted by Crippen LogP contribution is -2.15. The standard InChI is InChI=1S/C19H34O9/c1-2-4-21-6-8-23-10-12-25-14-16-27-18-19-28-17-15-26-13-11-24-9-7-22-5-3-20/h1,3H,4-19H2. The molecule has 0 fully saturated rings. The van der Waals surface area contributed by atoms with E-state index in [1.807, 2.05) is 0 Å². The second-order valence-corrected chi connectivity index (χ2v) is 5.17. The Balaban J connectivity index is 2.98. The minimum absolute atomic E-state index is 0.105. The summed E-state index contributed by atoms with van der Waals surface area (Å²) >= 11 is 0. The van der Waals surface area contributed by atoms with Gasteiger partial charge in [-0.1, -0.05) is 5.92 Å². The third-order valence-corrected chi connectivity index (χ3v) is 2.98. The van der Waals surface area contributed by atoms with Crippen molar-refractivity contribution in [3.8, 4) is 12.3 Å². The van der Waals surface area contributed by atoms with Crippen LogP contribution in [-0.2, 0) is 42.7 Å². The zero-order valence-corrected chi connectivity index (χ0v) is 16.6. The van der Waals surface area contributed by atoms with Gasteiger partial charge in [-0.05, 0) is 0 Å². The van der Waals surface area contributed by atoms with Crippen LogP contribution >= 0.6 is 0 Å². The van der Waals surface area contributed by atoms with Crippen molar-refractivity contribution in [2.45, 2.75) is 0 Å². The highest BCUT2D eigenvalue weighted by atomic mass is 16.6. The number of terminal acetylenes is 1. The van der Waals surface area contributed by atoms with E-state index in [4.69, 9.17) is 44.3 Å². The fourth-order valence-corrected chi connectivity index (χ4v) is 1.70. The predicted octanol–water partition coefficient (Wildman–Crippen LogP) is -0.0487. The largest absolute Gasteiger partial charge is 0.377 e. The van der Waals surface area contributed by atoms with E-state index >= 15 is 0 Å². The lowest BCUT2D eigenvalue weighted by atomic mass is 10.6. The third kappa shape index (κ3) is 24.9. The van der Waals surface area contributed by atoms with E-state index in [0.29, 0.717) is 105 Å². The molecule has 0 aliphatic rings. The second kappa shape index (κ2) is 25.9. The van der Waals surface area contributed by atoms with Crippen LogP contribution in [0.4, 0.5) is 0 Å². The molecule has 9 heteroatoms. The van der Waals surface area contributed by atoms with Crippen molar-refractivity contribution in [3.05, 3.63) is 0 Å². The first kappa shape index (κ1) is 26.9. The summed E-state index contributed by atoms with van der Waals surface area (Å²) in [5, 5.41) is 0. The number of hydrogen-bond donors (Lipinski definition) is 0. The van der Waals surface area contributed by atoms with E-state index in [9.17, 15) is 4.79 Å². The molecule has 0 radical (unpaired) electrons. The normalized spacial score (nSPS) is 10.8. The first-order chi connectivity index (χ1) is 13.9. The molecule has 0 aliphatic carbocycles. The summed E-state index contributed by atoms with van der Waals surface area (Å²) in [5.41, 5.74) is 0. The zero-order chi connectivity index (χ0) is 20.4. The molecule has 0 atom stereocenters. The molecule has 0 rings (SSSR count). The third-order valence-electron chi connectivity index (χ3n) is 2.98. The van der Waals surface area contributed by atoms with E-state index in [2.05, 4.69) is 5.92 Å². The van der Waals surface area contributed by atoms with Crippen LogP contribution in [-0.4, -0.2) is 112 Å². The van der Waals surface area contributed by atoms with Crippen molar-refractivity contribution in [3.63, 3.8) is 0 Å². The number of hydrogen-bond acceptors (Lipinski definition) is 9. The smallest absolute Gasteiger partial charge is 0.145 e. The summed E-state index contributed by atoms with van der Waals surface area (Å²) < 4.78 is 42.0. The van der Waals surface area contributed by atoms with E-state index in [1.54, 1.807) is 0 Å². The van der Waals surface area contributed by atoms with Crippen molar-refractivity contribution in [1.82, 2.24) is 0 Å². The van der Waals surface area contributed by atoms with Gasteiger partial charge in [0.25, 0.3) is 0 Å². The Morgan fingerprint density at radius 1 is 0.500 bits per heavy atom. The molecule has 0 bridgehead atoms. The van der Waals surface area contributed by atoms with Gasteiger partial charge in [0.05, 0.1) is 92.5 Å². The van der Waals surface area contributed by atoms with E-state index < -0.39 is 0 Å². The molecule has 0 aromatic rings. The Bertz CT molecular complexity index is 347. The average Bonchev–Trinajstić information content (AvgIpc) is 2.71. The predicted molar refractivity (Wildman–Crippen MR) is 101 cm³/mol. The van der Waals surface area contributed by atoms with E-state index in [-0.39, 0.29) is 6.61 Å². The Labute approximate surface area is 167 Å². The van der Waals surface area contributed by atoms with Gasteiger partial charge < -0.3 is 42.7 Å². The number of carbonyl (C=O) groups is 1. The van der Waals surface area contributed by atoms with Gasteiger partial charge in [-0.3, -0.25) is 0 Å². The molecule has 0 spiro atoms. The summed E-state index contributed by atoms with van der Waals surface area (Å²) in [5.74, 6) is 2.39. The van der Waals surface area contributed by atoms with Crippen molar-refractivity contribution < 1.29 is 42.7 Å². The lowest BCUT2D eigenvalue weighted by Gasteiger charge is -2.08. The Morgan fingerprint density at radius 2 is 0.786 bits per heavy atom. The highest BCUT2D eigenvalue weighted by Gasteiger charge is 1.94. The Morgan fingerprint density at radius 3 is 1.07 bits per heavy atom. The highest BCUT2D eigenvalue weighted by Crippen LogP contribution is 1.85. The molecule has 0 unspecified atom stereocenters. The molecule has 0 amide bonds. The molecule has 9 nitrogen and oxygen atoms in total. The molecular formula is C19H34O9. The fraction of sp³-hybridized carbons (Fsp3) is 0.842. The summed E-state index contributed by atoms with van der Waals surface area (Å²) in [6.45, 7) is 7.33. The van der Waals surface area contributed by atoms with Crippen molar-refractivity contribution >= 4 is 6.29 Å². The van der Waals surface area contributed by atoms with Crippen molar-refractivity contribution in [2.24, 2.45) is 0 Å². The minimum atomic E-state index is 0.105. The molecule has 0 aromatic heterocycles. The van der Waals surface area contributed by atoms with Crippen molar-refractivity contribution in [2.75, 3.05) is 106 Å². The number of aldehydes is 1. The molecule has 0 aromatic carbocycles. The van der Waals surface area contributed by atoms with Crippen LogP contribution in [0.3, 0.4) is 0 Å². The maximum absolute atomic E-state index is 10.0. The van der Waals surface area contributed by atoms with E-state index in [1.165, 1.54) is 0 Å². The molecule has 0 N–H and O–H groups in total. The summed E-state index contributed by atoms with van der Waals surface area (Å²) in [4.78, 5) is 10.0. The van der Waals surface area contributed by atoms with Crippen LogP contribution in [0.15, 0.2) is 0 Å². The Kier molecular flexibility index (Phi) is 24.9. The van der Waals surface area contributed by atoms with Gasteiger partial charge >= 0.3 is 0 Å². The van der Waals surface area contributed by atoms with Gasteiger partial charge in [0.15, 0.2) is 0 Å². The van der Waals surface area contributed by atoms with Gasteiger partial charge in [-0.2, -0.15) is 0 Å². The maximum atomic E-state index is 10.0. The van der Waals surface area contributed by atoms with Crippen LogP contribution in [0.1, 0.15) is 0 Å². The molecule has 164 valence electrons. The first-order valence-electron chi connectivity index (χ1n) is 9.40. The zero-order valence-electron chi connectivity index (χ0n) is 16.6. The highest BCUT2D eigenvalue weighted by molar-refractivity contribution is 5.50. The lowest BCUT2D eigenvalue weighted by molar-refractivity contribution is -0.112. The van der Waals surface area contributed by atoms with Gasteiger partial charge in [0.1, 0.15) is 19.5 Å². The maximum Gasteiger partial charge on any atom is 0.145 e. The van der Waals surface area contributed by atoms with Gasteiger partial charge in [-0.25, -0.2) is 0 Å². The topological polar surface area (TPSA) is 90.9 Å². The number of ether oxygens (including phenoxy) is 8. The first-order valence-corrected chi connectivity index (χ1v) is 9.40. The quantitative estimate of drug-likeness (QED) is 0.124. The summed E-state index contributed by atoms with van der Waals surface area (Å²) in [6.07, 6.45) is 5.76. The molecule has 0 heterocycles. The fourth-order valence-electron chi connectivity index (χ4n) is 1.70. The SMILES string of the molecule is C#CCOCCOCCOCCOCCOCCOCCOCCOCC=O. The van der Waals surface area contributed by atoms with Crippen LogP contribution in [0, 0.1) is 12.3 Å². The molecule has 28 heavy (non-hydrogen) atoms. The van der Waals surface area contributed by atoms with Gasteiger partial charge in [0.2, 0.25) is 0 Å². The Hall–Kier alpha value is -1.09.